The number of ether oxygens (including phenoxy) is 1. The van der Waals surface area contributed by atoms with Crippen molar-refractivity contribution in [1.29, 1.82) is 0 Å². The van der Waals surface area contributed by atoms with Gasteiger partial charge in [0.05, 0.1) is 12.7 Å². The third-order valence-corrected chi connectivity index (χ3v) is 3.73. The maximum Gasteiger partial charge on any atom is 0.0837 e. The highest BCUT2D eigenvalue weighted by Gasteiger charge is 2.25. The molecular formula is C12H20ClN3O. The first-order valence-corrected chi connectivity index (χ1v) is 6.62. The van der Waals surface area contributed by atoms with E-state index in [2.05, 4.69) is 23.0 Å². The fourth-order valence-electron chi connectivity index (χ4n) is 2.18. The molecular weight excluding hydrogens is 238 g/mol. The Morgan fingerprint density at radius 2 is 2.41 bits per heavy atom. The summed E-state index contributed by atoms with van der Waals surface area (Å²) in [6.07, 6.45) is 3.05. The van der Waals surface area contributed by atoms with Crippen LogP contribution in [0.4, 0.5) is 0 Å². The van der Waals surface area contributed by atoms with Crippen LogP contribution in [0.25, 0.3) is 0 Å². The molecule has 4 nitrogen and oxygen atoms in total. The summed E-state index contributed by atoms with van der Waals surface area (Å²) in [5.41, 5.74) is 1.27. The Bertz CT molecular complexity index is 355. The van der Waals surface area contributed by atoms with Crippen LogP contribution in [0, 0.1) is 0 Å². The molecule has 0 aliphatic carbocycles. The number of alkyl halides is 1. The van der Waals surface area contributed by atoms with Gasteiger partial charge in [0.1, 0.15) is 0 Å². The summed E-state index contributed by atoms with van der Waals surface area (Å²) < 4.78 is 7.57. The van der Waals surface area contributed by atoms with Crippen LogP contribution in [0.15, 0.2) is 12.3 Å². The van der Waals surface area contributed by atoms with Gasteiger partial charge in [0, 0.05) is 50.4 Å². The molecule has 96 valence electrons. The monoisotopic (exact) mass is 257 g/mol. The van der Waals surface area contributed by atoms with Crippen molar-refractivity contribution < 1.29 is 4.74 Å². The lowest BCUT2D eigenvalue weighted by atomic mass is 10.2. The van der Waals surface area contributed by atoms with Gasteiger partial charge >= 0.3 is 0 Å². The van der Waals surface area contributed by atoms with Gasteiger partial charge in [-0.05, 0) is 13.0 Å². The van der Waals surface area contributed by atoms with E-state index in [0.717, 1.165) is 26.1 Å². The number of rotatable bonds is 4. The summed E-state index contributed by atoms with van der Waals surface area (Å²) in [6.45, 7) is 4.95. The van der Waals surface area contributed by atoms with Gasteiger partial charge in [-0.2, -0.15) is 5.10 Å². The van der Waals surface area contributed by atoms with Crippen molar-refractivity contribution >= 4 is 11.6 Å². The number of aryl methyl sites for hydroxylation is 1. The van der Waals surface area contributed by atoms with Gasteiger partial charge in [-0.15, -0.1) is 11.6 Å². The first kappa shape index (κ1) is 12.9. The molecule has 1 saturated heterocycles. The van der Waals surface area contributed by atoms with Crippen molar-refractivity contribution in [2.45, 2.75) is 25.5 Å². The lowest BCUT2D eigenvalue weighted by molar-refractivity contribution is -0.0472. The van der Waals surface area contributed by atoms with E-state index in [1.807, 2.05) is 17.9 Å². The van der Waals surface area contributed by atoms with Gasteiger partial charge in [-0.1, -0.05) is 0 Å². The van der Waals surface area contributed by atoms with Crippen LogP contribution in [0.2, 0.25) is 0 Å². The van der Waals surface area contributed by atoms with Gasteiger partial charge in [0.15, 0.2) is 0 Å². The molecule has 1 aromatic rings. The number of morpholine rings is 1. The minimum absolute atomic E-state index is 0.180. The number of hydrogen-bond donors (Lipinski definition) is 0. The summed E-state index contributed by atoms with van der Waals surface area (Å²) in [5, 5.41) is 4.18. The Morgan fingerprint density at radius 3 is 3.06 bits per heavy atom. The van der Waals surface area contributed by atoms with E-state index in [-0.39, 0.29) is 6.10 Å². The Kier molecular flexibility index (Phi) is 4.42. The molecule has 1 aliphatic heterocycles. The van der Waals surface area contributed by atoms with Gasteiger partial charge in [-0.3, -0.25) is 9.58 Å². The summed E-state index contributed by atoms with van der Waals surface area (Å²) in [4.78, 5) is 2.45. The van der Waals surface area contributed by atoms with E-state index in [1.165, 1.54) is 5.69 Å². The molecule has 0 bridgehead atoms. The zero-order valence-electron chi connectivity index (χ0n) is 10.5. The van der Waals surface area contributed by atoms with Gasteiger partial charge < -0.3 is 4.74 Å². The lowest BCUT2D eigenvalue weighted by Crippen LogP contribution is -2.49. The van der Waals surface area contributed by atoms with E-state index in [1.54, 1.807) is 0 Å². The van der Waals surface area contributed by atoms with Gasteiger partial charge in [0.2, 0.25) is 0 Å². The molecule has 2 unspecified atom stereocenters. The van der Waals surface area contributed by atoms with E-state index in [9.17, 15) is 0 Å². The predicted octanol–water partition coefficient (Wildman–Crippen LogP) is 1.29. The molecule has 5 heteroatoms. The molecule has 1 aliphatic rings. The second kappa shape index (κ2) is 5.85. The molecule has 0 amide bonds. The zero-order chi connectivity index (χ0) is 12.3. The number of hydrogen-bond acceptors (Lipinski definition) is 3. The molecule has 2 rings (SSSR count). The molecule has 2 atom stereocenters. The highest BCUT2D eigenvalue weighted by Crippen LogP contribution is 2.13. The van der Waals surface area contributed by atoms with Crippen LogP contribution in [0.3, 0.4) is 0 Å². The van der Waals surface area contributed by atoms with Crippen molar-refractivity contribution in [2.24, 2.45) is 7.05 Å². The highest BCUT2D eigenvalue weighted by atomic mass is 35.5. The molecule has 17 heavy (non-hydrogen) atoms. The fourth-order valence-corrected chi connectivity index (χ4v) is 2.37. The van der Waals surface area contributed by atoms with Crippen LogP contribution >= 0.6 is 11.6 Å². The van der Waals surface area contributed by atoms with Gasteiger partial charge in [0.25, 0.3) is 0 Å². The minimum atomic E-state index is 0.180. The molecule has 2 heterocycles. The second-order valence-electron chi connectivity index (χ2n) is 4.65. The first-order valence-electron chi connectivity index (χ1n) is 6.09. The minimum Gasteiger partial charge on any atom is -0.374 e. The van der Waals surface area contributed by atoms with Crippen LogP contribution < -0.4 is 0 Å². The molecule has 0 N–H and O–H groups in total. The quantitative estimate of drug-likeness (QED) is 0.762. The van der Waals surface area contributed by atoms with E-state index >= 15 is 0 Å². The summed E-state index contributed by atoms with van der Waals surface area (Å²) >= 11 is 5.85. The number of nitrogens with zero attached hydrogens (tertiary/aromatic N) is 3. The Balaban J connectivity index is 1.87. The van der Waals surface area contributed by atoms with E-state index in [0.29, 0.717) is 11.9 Å². The van der Waals surface area contributed by atoms with E-state index in [4.69, 9.17) is 16.3 Å². The molecule has 0 saturated carbocycles. The largest absolute Gasteiger partial charge is 0.374 e. The average Bonchev–Trinajstić information content (AvgIpc) is 2.74. The van der Waals surface area contributed by atoms with Crippen molar-refractivity contribution in [3.63, 3.8) is 0 Å². The third-order valence-electron chi connectivity index (χ3n) is 3.38. The Labute approximate surface area is 107 Å². The lowest BCUT2D eigenvalue weighted by Gasteiger charge is -2.37. The van der Waals surface area contributed by atoms with Crippen molar-refractivity contribution in [3.05, 3.63) is 18.0 Å². The third kappa shape index (κ3) is 3.21. The molecule has 0 aromatic carbocycles. The fraction of sp³-hybridized carbons (Fsp3) is 0.750. The first-order chi connectivity index (χ1) is 8.20. The smallest absolute Gasteiger partial charge is 0.0837 e. The SMILES string of the molecule is CC1COC(CCl)CN1CCc1ccnn1C. The average molecular weight is 258 g/mol. The second-order valence-corrected chi connectivity index (χ2v) is 4.96. The topological polar surface area (TPSA) is 30.3 Å². The zero-order valence-corrected chi connectivity index (χ0v) is 11.2. The maximum atomic E-state index is 5.85. The number of aromatic nitrogens is 2. The normalized spacial score (nSPS) is 26.3. The molecule has 1 fully saturated rings. The van der Waals surface area contributed by atoms with Crippen molar-refractivity contribution in [3.8, 4) is 0 Å². The maximum absolute atomic E-state index is 5.85. The molecule has 1 aromatic heterocycles. The van der Waals surface area contributed by atoms with Crippen LogP contribution in [-0.2, 0) is 18.2 Å². The van der Waals surface area contributed by atoms with Crippen molar-refractivity contribution in [1.82, 2.24) is 14.7 Å². The van der Waals surface area contributed by atoms with Crippen LogP contribution in [-0.4, -0.2) is 52.4 Å². The molecule has 0 radical (unpaired) electrons. The predicted molar refractivity (Wildman–Crippen MR) is 68.4 cm³/mol. The summed E-state index contributed by atoms with van der Waals surface area (Å²) in [5.74, 6) is 0.578. The summed E-state index contributed by atoms with van der Waals surface area (Å²) in [6, 6.07) is 2.55. The van der Waals surface area contributed by atoms with Crippen molar-refractivity contribution in [2.75, 3.05) is 25.6 Å². The van der Waals surface area contributed by atoms with Gasteiger partial charge in [-0.25, -0.2) is 0 Å². The van der Waals surface area contributed by atoms with Crippen LogP contribution in [0.1, 0.15) is 12.6 Å². The molecule has 0 spiro atoms. The number of halogens is 1. The van der Waals surface area contributed by atoms with Crippen LogP contribution in [0.5, 0.6) is 0 Å². The highest BCUT2D eigenvalue weighted by molar-refractivity contribution is 6.18. The standard InChI is InChI=1S/C12H20ClN3O/c1-10-9-17-12(7-13)8-16(10)6-4-11-3-5-14-15(11)2/h3,5,10,12H,4,6-9H2,1-2H3. The van der Waals surface area contributed by atoms with E-state index < -0.39 is 0 Å². The Morgan fingerprint density at radius 1 is 1.59 bits per heavy atom. The summed E-state index contributed by atoms with van der Waals surface area (Å²) in [7, 11) is 1.99. The Hall–Kier alpha value is -0.580.